The number of aliphatic hydroxyl groups excluding tert-OH is 1. The van der Waals surface area contributed by atoms with Gasteiger partial charge in [-0.25, -0.2) is 9.59 Å². The van der Waals surface area contributed by atoms with Crippen LogP contribution in [-0.2, 0) is 14.4 Å². The maximum Gasteiger partial charge on any atom is 0.326 e. The number of carboxylic acids is 1. The standard InChI is InChI=1S/C12H17N3O6/c1-12(2)10(20)15(11(21)13-12)5-8(17)14-4-6(16)3-7(14)9(18)19/h6-7,16H,3-5H2,1-2H3,(H,13,21)(H,18,19)/t6-,7-/m1/s1. The normalized spacial score (nSPS) is 28.0. The third kappa shape index (κ3) is 2.68. The zero-order valence-corrected chi connectivity index (χ0v) is 11.7. The highest BCUT2D eigenvalue weighted by molar-refractivity contribution is 6.08. The van der Waals surface area contributed by atoms with E-state index < -0.39 is 48.0 Å². The predicted octanol–water partition coefficient (Wildman–Crippen LogP) is -1.64. The summed E-state index contributed by atoms with van der Waals surface area (Å²) in [5.74, 6) is -2.45. The summed E-state index contributed by atoms with van der Waals surface area (Å²) in [7, 11) is 0. The molecule has 9 nitrogen and oxygen atoms in total. The fourth-order valence-electron chi connectivity index (χ4n) is 2.51. The number of carbonyl (C=O) groups excluding carboxylic acids is 3. The van der Waals surface area contributed by atoms with Crippen molar-refractivity contribution in [3.63, 3.8) is 0 Å². The summed E-state index contributed by atoms with van der Waals surface area (Å²) in [5, 5.41) is 21.0. The fraction of sp³-hybridized carbons (Fsp3) is 0.667. The SMILES string of the molecule is CC1(C)NC(=O)N(CC(=O)N2C[C@H](O)C[C@@H]2C(=O)O)C1=O. The van der Waals surface area contributed by atoms with Crippen LogP contribution in [0.15, 0.2) is 0 Å². The van der Waals surface area contributed by atoms with Gasteiger partial charge < -0.3 is 20.4 Å². The number of carboxylic acid groups (broad SMARTS) is 1. The van der Waals surface area contributed by atoms with Gasteiger partial charge in [-0.15, -0.1) is 0 Å². The molecule has 0 aromatic carbocycles. The number of aliphatic carboxylic acids is 1. The number of carbonyl (C=O) groups is 4. The van der Waals surface area contributed by atoms with Crippen molar-refractivity contribution in [2.45, 2.75) is 38.0 Å². The molecular weight excluding hydrogens is 282 g/mol. The molecule has 2 fully saturated rings. The molecule has 0 saturated carbocycles. The van der Waals surface area contributed by atoms with Gasteiger partial charge in [0.05, 0.1) is 6.10 Å². The molecule has 2 aliphatic heterocycles. The van der Waals surface area contributed by atoms with E-state index in [4.69, 9.17) is 5.11 Å². The smallest absolute Gasteiger partial charge is 0.326 e. The lowest BCUT2D eigenvalue weighted by Gasteiger charge is -2.23. The van der Waals surface area contributed by atoms with E-state index >= 15 is 0 Å². The van der Waals surface area contributed by atoms with Crippen molar-refractivity contribution in [1.82, 2.24) is 15.1 Å². The van der Waals surface area contributed by atoms with Gasteiger partial charge in [0.1, 0.15) is 18.1 Å². The van der Waals surface area contributed by atoms with Gasteiger partial charge in [-0.3, -0.25) is 14.5 Å². The monoisotopic (exact) mass is 299 g/mol. The van der Waals surface area contributed by atoms with E-state index in [1.54, 1.807) is 0 Å². The van der Waals surface area contributed by atoms with Crippen LogP contribution in [0.3, 0.4) is 0 Å². The molecule has 0 bridgehead atoms. The topological polar surface area (TPSA) is 127 Å². The third-order valence-corrected chi connectivity index (χ3v) is 3.62. The number of imide groups is 1. The van der Waals surface area contributed by atoms with Crippen LogP contribution >= 0.6 is 0 Å². The van der Waals surface area contributed by atoms with Gasteiger partial charge in [-0.05, 0) is 13.8 Å². The first-order valence-corrected chi connectivity index (χ1v) is 6.48. The van der Waals surface area contributed by atoms with E-state index in [-0.39, 0.29) is 13.0 Å². The minimum Gasteiger partial charge on any atom is -0.480 e. The van der Waals surface area contributed by atoms with Crippen molar-refractivity contribution in [2.75, 3.05) is 13.1 Å². The number of rotatable bonds is 3. The van der Waals surface area contributed by atoms with Crippen LogP contribution in [0, 0.1) is 0 Å². The zero-order chi connectivity index (χ0) is 15.9. The molecule has 0 aromatic rings. The van der Waals surface area contributed by atoms with E-state index in [1.807, 2.05) is 0 Å². The second kappa shape index (κ2) is 4.99. The highest BCUT2D eigenvalue weighted by atomic mass is 16.4. The molecule has 0 unspecified atom stereocenters. The molecule has 0 aliphatic carbocycles. The number of aliphatic hydroxyl groups is 1. The maximum atomic E-state index is 12.1. The molecule has 2 heterocycles. The Labute approximate surface area is 120 Å². The maximum absolute atomic E-state index is 12.1. The highest BCUT2D eigenvalue weighted by Gasteiger charge is 2.47. The van der Waals surface area contributed by atoms with Crippen LogP contribution in [0.4, 0.5) is 4.79 Å². The largest absolute Gasteiger partial charge is 0.480 e. The van der Waals surface area contributed by atoms with Crippen LogP contribution in [-0.4, -0.2) is 74.6 Å². The molecular formula is C12H17N3O6. The minimum absolute atomic E-state index is 0.0628. The Morgan fingerprint density at radius 2 is 2.00 bits per heavy atom. The van der Waals surface area contributed by atoms with Crippen LogP contribution < -0.4 is 5.32 Å². The zero-order valence-electron chi connectivity index (χ0n) is 11.7. The molecule has 116 valence electrons. The molecule has 21 heavy (non-hydrogen) atoms. The van der Waals surface area contributed by atoms with Gasteiger partial charge in [0.15, 0.2) is 0 Å². The average Bonchev–Trinajstić information content (AvgIpc) is 2.83. The lowest BCUT2D eigenvalue weighted by molar-refractivity contribution is -0.149. The van der Waals surface area contributed by atoms with Gasteiger partial charge in [0, 0.05) is 13.0 Å². The molecule has 3 N–H and O–H groups in total. The first-order chi connectivity index (χ1) is 9.63. The number of nitrogens with one attached hydrogen (secondary N) is 1. The van der Waals surface area contributed by atoms with Crippen LogP contribution in [0.1, 0.15) is 20.3 Å². The number of β-amino-alcohol motifs (C(OH)–C–C–N with tert-alkyl or cyclic N) is 1. The van der Waals surface area contributed by atoms with Crippen molar-refractivity contribution in [3.8, 4) is 0 Å². The van der Waals surface area contributed by atoms with E-state index in [0.29, 0.717) is 0 Å². The van der Waals surface area contributed by atoms with Crippen molar-refractivity contribution in [3.05, 3.63) is 0 Å². The fourth-order valence-corrected chi connectivity index (χ4v) is 2.51. The average molecular weight is 299 g/mol. The second-order valence-electron chi connectivity index (χ2n) is 5.74. The Bertz CT molecular complexity index is 517. The van der Waals surface area contributed by atoms with Crippen LogP contribution in [0.2, 0.25) is 0 Å². The first kappa shape index (κ1) is 15.2. The summed E-state index contributed by atoms with van der Waals surface area (Å²) in [6.07, 6.45) is -0.984. The first-order valence-electron chi connectivity index (χ1n) is 6.48. The lowest BCUT2D eigenvalue weighted by atomic mass is 10.1. The summed E-state index contributed by atoms with van der Waals surface area (Å²) < 4.78 is 0. The summed E-state index contributed by atoms with van der Waals surface area (Å²) in [6.45, 7) is 2.36. The molecule has 2 rings (SSSR count). The van der Waals surface area contributed by atoms with E-state index in [2.05, 4.69) is 5.32 Å². The minimum atomic E-state index is -1.22. The van der Waals surface area contributed by atoms with Crippen molar-refractivity contribution < 1.29 is 29.4 Å². The molecule has 0 radical (unpaired) electrons. The van der Waals surface area contributed by atoms with Crippen molar-refractivity contribution >= 4 is 23.8 Å². The summed E-state index contributed by atoms with van der Waals surface area (Å²) in [5.41, 5.74) is -1.09. The van der Waals surface area contributed by atoms with Gasteiger partial charge >= 0.3 is 12.0 Å². The van der Waals surface area contributed by atoms with E-state index in [9.17, 15) is 24.3 Å². The highest BCUT2D eigenvalue weighted by Crippen LogP contribution is 2.21. The van der Waals surface area contributed by atoms with Gasteiger partial charge in [0.25, 0.3) is 5.91 Å². The summed E-state index contributed by atoms with van der Waals surface area (Å²) >= 11 is 0. The molecule has 2 atom stereocenters. The number of nitrogens with zero attached hydrogens (tertiary/aromatic N) is 2. The Kier molecular flexibility index (Phi) is 3.62. The van der Waals surface area contributed by atoms with Gasteiger partial charge in [-0.2, -0.15) is 0 Å². The van der Waals surface area contributed by atoms with Crippen LogP contribution in [0.5, 0.6) is 0 Å². The quantitative estimate of drug-likeness (QED) is 0.537. The number of urea groups is 1. The Balaban J connectivity index is 2.10. The van der Waals surface area contributed by atoms with E-state index in [0.717, 1.165) is 9.80 Å². The Hall–Kier alpha value is -2.16. The Morgan fingerprint density at radius 1 is 1.38 bits per heavy atom. The van der Waals surface area contributed by atoms with Crippen LogP contribution in [0.25, 0.3) is 0 Å². The van der Waals surface area contributed by atoms with E-state index in [1.165, 1.54) is 13.8 Å². The molecule has 0 aromatic heterocycles. The molecule has 4 amide bonds. The predicted molar refractivity (Wildman–Crippen MR) is 68.1 cm³/mol. The molecule has 2 saturated heterocycles. The number of amides is 4. The summed E-state index contributed by atoms with van der Waals surface area (Å²) in [4.78, 5) is 48.6. The lowest BCUT2D eigenvalue weighted by Crippen LogP contribution is -2.47. The summed E-state index contributed by atoms with van der Waals surface area (Å²) in [6, 6.07) is -1.83. The van der Waals surface area contributed by atoms with Gasteiger partial charge in [-0.1, -0.05) is 0 Å². The van der Waals surface area contributed by atoms with Crippen molar-refractivity contribution in [2.24, 2.45) is 0 Å². The number of hydrogen-bond acceptors (Lipinski definition) is 5. The molecule has 2 aliphatic rings. The molecule has 0 spiro atoms. The molecule has 9 heteroatoms. The number of hydrogen-bond donors (Lipinski definition) is 3. The Morgan fingerprint density at radius 3 is 2.48 bits per heavy atom. The van der Waals surface area contributed by atoms with Crippen molar-refractivity contribution in [1.29, 1.82) is 0 Å². The third-order valence-electron chi connectivity index (χ3n) is 3.62. The number of likely N-dealkylation sites (tertiary alicyclic amines) is 1. The second-order valence-corrected chi connectivity index (χ2v) is 5.74. The van der Waals surface area contributed by atoms with Gasteiger partial charge in [0.2, 0.25) is 5.91 Å².